The fraction of sp³-hybridized carbons (Fsp3) is 0.417. The molecule has 0 spiro atoms. The van der Waals surface area contributed by atoms with Gasteiger partial charge in [0.2, 0.25) is 0 Å². The molecule has 1 amide bonds. The summed E-state index contributed by atoms with van der Waals surface area (Å²) in [6, 6.07) is 6.71. The summed E-state index contributed by atoms with van der Waals surface area (Å²) >= 11 is 0. The number of benzene rings is 1. The third-order valence-corrected chi connectivity index (χ3v) is 6.19. The second-order valence-corrected chi connectivity index (χ2v) is 8.50. The van der Waals surface area contributed by atoms with Crippen molar-refractivity contribution < 1.29 is 27.4 Å². The quantitative estimate of drug-likeness (QED) is 0.550. The predicted molar refractivity (Wildman–Crippen MR) is 127 cm³/mol. The van der Waals surface area contributed by atoms with E-state index in [1.807, 2.05) is 4.90 Å². The van der Waals surface area contributed by atoms with Gasteiger partial charge in [-0.3, -0.25) is 9.78 Å². The van der Waals surface area contributed by atoms with Crippen LogP contribution in [0.4, 0.5) is 24.7 Å². The maximum absolute atomic E-state index is 15.0. The molecule has 2 aromatic heterocycles. The zero-order chi connectivity index (χ0) is 25.1. The number of carbonyl (C=O) groups excluding carboxylic acids is 1. The number of nitrogens with one attached hydrogen (secondary N) is 1. The van der Waals surface area contributed by atoms with E-state index < -0.39 is 18.4 Å². The fourth-order valence-corrected chi connectivity index (χ4v) is 4.36. The van der Waals surface area contributed by atoms with Gasteiger partial charge in [-0.15, -0.1) is 0 Å². The highest BCUT2D eigenvalue weighted by atomic mass is 19.3. The molecular formula is C24H25F3N6O3. The van der Waals surface area contributed by atoms with Gasteiger partial charge in [0.1, 0.15) is 11.3 Å². The van der Waals surface area contributed by atoms with Crippen molar-refractivity contribution in [3.05, 3.63) is 42.5 Å². The van der Waals surface area contributed by atoms with Crippen molar-refractivity contribution in [2.75, 3.05) is 62.8 Å². The van der Waals surface area contributed by atoms with Crippen LogP contribution in [0.1, 0.15) is 0 Å². The lowest BCUT2D eigenvalue weighted by Gasteiger charge is -2.33. The minimum atomic E-state index is -3.05. The Morgan fingerprint density at radius 1 is 1.11 bits per heavy atom. The average Bonchev–Trinajstić information content (AvgIpc) is 2.91. The summed E-state index contributed by atoms with van der Waals surface area (Å²) in [6.45, 7) is 2.88. The molecule has 9 nitrogen and oxygen atoms in total. The number of hydrogen-bond acceptors (Lipinski definition) is 8. The highest BCUT2D eigenvalue weighted by molar-refractivity contribution is 5.88. The van der Waals surface area contributed by atoms with Gasteiger partial charge in [-0.1, -0.05) is 6.07 Å². The molecule has 0 radical (unpaired) electrons. The van der Waals surface area contributed by atoms with Crippen molar-refractivity contribution in [2.45, 2.75) is 12.5 Å². The molecule has 4 heterocycles. The lowest BCUT2D eigenvalue weighted by Crippen LogP contribution is -2.49. The number of morpholine rings is 2. The molecule has 1 unspecified atom stereocenters. The van der Waals surface area contributed by atoms with Gasteiger partial charge >= 0.3 is 6.43 Å². The zero-order valence-corrected chi connectivity index (χ0v) is 19.4. The van der Waals surface area contributed by atoms with Gasteiger partial charge in [0, 0.05) is 50.7 Å². The standard InChI is InChI=1S/C24H25F3N6O3/c25-17-11-15(1-2-20(17)32-5-8-35-9-6-32)18-12-19-21(29-4-3-28-19)23(31-18)30-13-16-14-33(7-10-36-16)24(34)22(26)27/h1-4,11-12,16,22H,5-10,13-14H2,(H,30,31). The monoisotopic (exact) mass is 502 g/mol. The molecule has 36 heavy (non-hydrogen) atoms. The Morgan fingerprint density at radius 3 is 2.69 bits per heavy atom. The molecule has 5 rings (SSSR count). The lowest BCUT2D eigenvalue weighted by molar-refractivity contribution is -0.149. The largest absolute Gasteiger partial charge is 0.378 e. The Morgan fingerprint density at radius 2 is 1.92 bits per heavy atom. The molecular weight excluding hydrogens is 477 g/mol. The van der Waals surface area contributed by atoms with Crippen LogP contribution in [0.5, 0.6) is 0 Å². The molecule has 0 saturated carbocycles. The fourth-order valence-electron chi connectivity index (χ4n) is 4.36. The van der Waals surface area contributed by atoms with Crippen molar-refractivity contribution in [1.82, 2.24) is 19.9 Å². The molecule has 1 atom stereocenters. The summed E-state index contributed by atoms with van der Waals surface area (Å²) in [6.07, 6.45) is -0.477. The number of alkyl halides is 2. The van der Waals surface area contributed by atoms with Crippen LogP contribution >= 0.6 is 0 Å². The molecule has 2 saturated heterocycles. The first kappa shape index (κ1) is 24.2. The molecule has 3 aromatic rings. The maximum atomic E-state index is 15.0. The molecule has 2 fully saturated rings. The predicted octanol–water partition coefficient (Wildman–Crippen LogP) is 2.57. The smallest absolute Gasteiger partial charge is 0.315 e. The Bertz CT molecular complexity index is 1240. The topological polar surface area (TPSA) is 92.7 Å². The van der Waals surface area contributed by atoms with Gasteiger partial charge in [-0.25, -0.2) is 14.4 Å². The number of fused-ring (bicyclic) bond motifs is 1. The number of nitrogens with zero attached hydrogens (tertiary/aromatic N) is 5. The first-order valence-electron chi connectivity index (χ1n) is 11.7. The van der Waals surface area contributed by atoms with E-state index in [9.17, 15) is 13.6 Å². The number of pyridine rings is 1. The van der Waals surface area contributed by atoms with Crippen molar-refractivity contribution in [3.8, 4) is 11.3 Å². The lowest BCUT2D eigenvalue weighted by atomic mass is 10.1. The highest BCUT2D eigenvalue weighted by Crippen LogP contribution is 2.29. The Labute approximate surface area is 205 Å². The normalized spacial score (nSPS) is 18.6. The second-order valence-electron chi connectivity index (χ2n) is 8.50. The van der Waals surface area contributed by atoms with E-state index in [0.717, 1.165) is 4.90 Å². The van der Waals surface area contributed by atoms with Crippen LogP contribution in [0.25, 0.3) is 22.3 Å². The van der Waals surface area contributed by atoms with E-state index in [4.69, 9.17) is 9.47 Å². The number of rotatable bonds is 6. The Kier molecular flexibility index (Phi) is 7.14. The van der Waals surface area contributed by atoms with Crippen LogP contribution in [-0.2, 0) is 14.3 Å². The molecule has 0 bridgehead atoms. The van der Waals surface area contributed by atoms with Crippen LogP contribution in [0.2, 0.25) is 0 Å². The maximum Gasteiger partial charge on any atom is 0.315 e. The van der Waals surface area contributed by atoms with E-state index in [-0.39, 0.29) is 32.1 Å². The van der Waals surface area contributed by atoms with Crippen LogP contribution in [-0.4, -0.2) is 90.8 Å². The molecule has 1 N–H and O–H groups in total. The summed E-state index contributed by atoms with van der Waals surface area (Å²) < 4.78 is 51.7. The van der Waals surface area contributed by atoms with E-state index in [1.54, 1.807) is 24.4 Å². The number of amides is 1. The van der Waals surface area contributed by atoms with Gasteiger partial charge < -0.3 is 24.6 Å². The van der Waals surface area contributed by atoms with Gasteiger partial charge in [-0.2, -0.15) is 8.78 Å². The minimum absolute atomic E-state index is 0.0354. The van der Waals surface area contributed by atoms with Crippen molar-refractivity contribution in [3.63, 3.8) is 0 Å². The highest BCUT2D eigenvalue weighted by Gasteiger charge is 2.29. The second kappa shape index (κ2) is 10.6. The summed E-state index contributed by atoms with van der Waals surface area (Å²) in [4.78, 5) is 28.1. The molecule has 12 heteroatoms. The molecule has 2 aliphatic rings. The first-order valence-corrected chi connectivity index (χ1v) is 11.7. The van der Waals surface area contributed by atoms with Crippen LogP contribution < -0.4 is 10.2 Å². The van der Waals surface area contributed by atoms with Crippen molar-refractivity contribution >= 4 is 28.4 Å². The summed E-state index contributed by atoms with van der Waals surface area (Å²) in [5.41, 5.74) is 2.64. The molecule has 2 aliphatic heterocycles. The number of anilines is 2. The Hall–Kier alpha value is -3.51. The molecule has 190 valence electrons. The summed E-state index contributed by atoms with van der Waals surface area (Å²) in [5.74, 6) is -1.17. The van der Waals surface area contributed by atoms with Crippen molar-refractivity contribution in [1.29, 1.82) is 0 Å². The van der Waals surface area contributed by atoms with Gasteiger partial charge in [0.05, 0.1) is 42.8 Å². The number of aromatic nitrogens is 3. The number of halogens is 3. The number of ether oxygens (including phenoxy) is 2. The first-order chi connectivity index (χ1) is 17.5. The third kappa shape index (κ3) is 5.19. The zero-order valence-electron chi connectivity index (χ0n) is 19.4. The number of hydrogen-bond donors (Lipinski definition) is 1. The Balaban J connectivity index is 1.38. The summed E-state index contributed by atoms with van der Waals surface area (Å²) in [5, 5.41) is 3.15. The van der Waals surface area contributed by atoms with E-state index in [2.05, 4.69) is 20.3 Å². The van der Waals surface area contributed by atoms with Gasteiger partial charge in [0.25, 0.3) is 5.91 Å². The molecule has 0 aliphatic carbocycles. The van der Waals surface area contributed by atoms with Crippen molar-refractivity contribution in [2.24, 2.45) is 0 Å². The average molecular weight is 502 g/mol. The van der Waals surface area contributed by atoms with E-state index in [0.29, 0.717) is 60.1 Å². The minimum Gasteiger partial charge on any atom is -0.378 e. The number of carbonyl (C=O) groups is 1. The van der Waals surface area contributed by atoms with E-state index >= 15 is 4.39 Å². The van der Waals surface area contributed by atoms with Crippen LogP contribution in [0.15, 0.2) is 36.7 Å². The van der Waals surface area contributed by atoms with Gasteiger partial charge in [0.15, 0.2) is 5.82 Å². The van der Waals surface area contributed by atoms with Crippen LogP contribution in [0, 0.1) is 5.82 Å². The van der Waals surface area contributed by atoms with Gasteiger partial charge in [-0.05, 0) is 18.2 Å². The summed E-state index contributed by atoms with van der Waals surface area (Å²) in [7, 11) is 0. The SMILES string of the molecule is O=C(C(F)F)N1CCOC(CNc2nc(-c3ccc(N4CCOCC4)c(F)c3)cc3nccnc23)C1. The third-order valence-electron chi connectivity index (χ3n) is 6.19. The van der Waals surface area contributed by atoms with Crippen LogP contribution in [0.3, 0.4) is 0 Å². The molecule has 1 aromatic carbocycles. The van der Waals surface area contributed by atoms with E-state index in [1.165, 1.54) is 12.3 Å².